The van der Waals surface area contributed by atoms with Crippen LogP contribution in [0.15, 0.2) is 11.4 Å². The molecule has 116 valence electrons. The number of rotatable bonds is 6. The van der Waals surface area contributed by atoms with Gasteiger partial charge in [0.2, 0.25) is 0 Å². The molecule has 1 fully saturated rings. The van der Waals surface area contributed by atoms with E-state index in [1.807, 2.05) is 11.4 Å². The number of aliphatic carboxylic acids is 1. The van der Waals surface area contributed by atoms with Crippen molar-refractivity contribution in [3.05, 3.63) is 21.9 Å². The molecule has 1 aromatic heterocycles. The van der Waals surface area contributed by atoms with Gasteiger partial charge in [-0.15, -0.1) is 11.3 Å². The van der Waals surface area contributed by atoms with Gasteiger partial charge in [0, 0.05) is 25.9 Å². The number of ether oxygens (including phenoxy) is 2. The summed E-state index contributed by atoms with van der Waals surface area (Å²) in [7, 11) is 1.57. The Labute approximate surface area is 127 Å². The van der Waals surface area contributed by atoms with Gasteiger partial charge in [0.25, 0.3) is 5.91 Å². The van der Waals surface area contributed by atoms with Crippen LogP contribution < -0.4 is 5.32 Å². The maximum absolute atomic E-state index is 12.5. The molecule has 21 heavy (non-hydrogen) atoms. The topological polar surface area (TPSA) is 84.9 Å². The first-order valence-corrected chi connectivity index (χ1v) is 7.62. The zero-order valence-electron chi connectivity index (χ0n) is 11.9. The van der Waals surface area contributed by atoms with E-state index < -0.39 is 11.5 Å². The summed E-state index contributed by atoms with van der Waals surface area (Å²) in [5, 5.41) is 13.9. The minimum atomic E-state index is -0.916. The number of hydrogen-bond donors (Lipinski definition) is 2. The average Bonchev–Trinajstić information content (AvgIpc) is 2.87. The SMILES string of the molecule is COCc1ccsc1C(=O)NC1(CC(=O)O)CCOCC1. The van der Waals surface area contributed by atoms with Crippen LogP contribution in [-0.4, -0.2) is 42.8 Å². The Morgan fingerprint density at radius 3 is 2.81 bits per heavy atom. The maximum atomic E-state index is 12.5. The molecule has 0 aliphatic carbocycles. The van der Waals surface area contributed by atoms with Crippen molar-refractivity contribution in [1.29, 1.82) is 0 Å². The predicted octanol–water partition coefficient (Wildman–Crippen LogP) is 1.65. The van der Waals surface area contributed by atoms with Crippen LogP contribution in [0.3, 0.4) is 0 Å². The normalized spacial score (nSPS) is 17.4. The molecular weight excluding hydrogens is 294 g/mol. The van der Waals surface area contributed by atoms with E-state index in [-0.39, 0.29) is 12.3 Å². The highest BCUT2D eigenvalue weighted by molar-refractivity contribution is 7.12. The molecule has 7 heteroatoms. The first-order chi connectivity index (χ1) is 10.1. The van der Waals surface area contributed by atoms with Crippen molar-refractivity contribution in [2.45, 2.75) is 31.4 Å². The predicted molar refractivity (Wildman–Crippen MR) is 77.5 cm³/mol. The second-order valence-electron chi connectivity index (χ2n) is 5.13. The fourth-order valence-corrected chi connectivity index (χ4v) is 3.30. The number of carboxylic acid groups (broad SMARTS) is 1. The van der Waals surface area contributed by atoms with E-state index >= 15 is 0 Å². The van der Waals surface area contributed by atoms with Gasteiger partial charge in [-0.2, -0.15) is 0 Å². The number of carbonyl (C=O) groups is 2. The van der Waals surface area contributed by atoms with E-state index in [4.69, 9.17) is 14.6 Å². The molecule has 6 nitrogen and oxygen atoms in total. The van der Waals surface area contributed by atoms with Crippen molar-refractivity contribution >= 4 is 23.2 Å². The van der Waals surface area contributed by atoms with E-state index in [2.05, 4.69) is 5.32 Å². The zero-order chi connectivity index (χ0) is 15.3. The third kappa shape index (κ3) is 4.03. The minimum Gasteiger partial charge on any atom is -0.481 e. The lowest BCUT2D eigenvalue weighted by Crippen LogP contribution is -2.53. The lowest BCUT2D eigenvalue weighted by atomic mass is 9.86. The first-order valence-electron chi connectivity index (χ1n) is 6.74. The molecular formula is C14H19NO5S. The van der Waals surface area contributed by atoms with Crippen LogP contribution >= 0.6 is 11.3 Å². The summed E-state index contributed by atoms with van der Waals surface area (Å²) in [6.45, 7) is 1.28. The molecule has 0 aromatic carbocycles. The molecule has 2 N–H and O–H groups in total. The van der Waals surface area contributed by atoms with Gasteiger partial charge in [-0.25, -0.2) is 0 Å². The molecule has 0 unspecified atom stereocenters. The van der Waals surface area contributed by atoms with Crippen LogP contribution in [0.1, 0.15) is 34.5 Å². The second kappa shape index (κ2) is 7.02. The first kappa shape index (κ1) is 15.9. The molecule has 0 bridgehead atoms. The fraction of sp³-hybridized carbons (Fsp3) is 0.571. The van der Waals surface area contributed by atoms with E-state index in [9.17, 15) is 9.59 Å². The van der Waals surface area contributed by atoms with Crippen molar-refractivity contribution in [3.63, 3.8) is 0 Å². The Morgan fingerprint density at radius 2 is 2.19 bits per heavy atom. The highest BCUT2D eigenvalue weighted by Crippen LogP contribution is 2.26. The quantitative estimate of drug-likeness (QED) is 0.834. The zero-order valence-corrected chi connectivity index (χ0v) is 12.7. The van der Waals surface area contributed by atoms with Crippen LogP contribution in [0.25, 0.3) is 0 Å². The van der Waals surface area contributed by atoms with Gasteiger partial charge in [-0.1, -0.05) is 0 Å². The Balaban J connectivity index is 2.13. The van der Waals surface area contributed by atoms with Gasteiger partial charge in [0.05, 0.1) is 23.4 Å². The van der Waals surface area contributed by atoms with Crippen molar-refractivity contribution in [3.8, 4) is 0 Å². The summed E-state index contributed by atoms with van der Waals surface area (Å²) < 4.78 is 10.3. The molecule has 1 aliphatic heterocycles. The van der Waals surface area contributed by atoms with Crippen molar-refractivity contribution in [1.82, 2.24) is 5.32 Å². The Hall–Kier alpha value is -1.44. The summed E-state index contributed by atoms with van der Waals surface area (Å²) >= 11 is 1.33. The number of amides is 1. The molecule has 1 saturated heterocycles. The fourth-order valence-electron chi connectivity index (χ4n) is 2.50. The van der Waals surface area contributed by atoms with E-state index in [0.717, 1.165) is 5.56 Å². The third-order valence-corrected chi connectivity index (χ3v) is 4.53. The Kier molecular flexibility index (Phi) is 5.33. The lowest BCUT2D eigenvalue weighted by Gasteiger charge is -2.36. The molecule has 0 radical (unpaired) electrons. The van der Waals surface area contributed by atoms with Crippen molar-refractivity contribution < 1.29 is 24.2 Å². The molecule has 1 amide bonds. The molecule has 2 heterocycles. The smallest absolute Gasteiger partial charge is 0.305 e. The number of hydrogen-bond acceptors (Lipinski definition) is 5. The van der Waals surface area contributed by atoms with Gasteiger partial charge >= 0.3 is 5.97 Å². The number of nitrogens with one attached hydrogen (secondary N) is 1. The minimum absolute atomic E-state index is 0.0902. The standard InChI is InChI=1S/C14H19NO5S/c1-19-9-10-2-7-21-12(10)13(18)15-14(8-11(16)17)3-5-20-6-4-14/h2,7H,3-6,8-9H2,1H3,(H,15,18)(H,16,17). The lowest BCUT2D eigenvalue weighted by molar-refractivity contribution is -0.139. The molecule has 1 aliphatic rings. The van der Waals surface area contributed by atoms with Gasteiger partial charge in [-0.05, 0) is 24.3 Å². The van der Waals surface area contributed by atoms with Crippen molar-refractivity contribution in [2.24, 2.45) is 0 Å². The van der Waals surface area contributed by atoms with Crippen LogP contribution in [0, 0.1) is 0 Å². The summed E-state index contributed by atoms with van der Waals surface area (Å²) in [4.78, 5) is 24.1. The highest BCUT2D eigenvalue weighted by Gasteiger charge is 2.37. The van der Waals surface area contributed by atoms with Gasteiger partial charge < -0.3 is 19.9 Å². The van der Waals surface area contributed by atoms with Crippen LogP contribution in [0.4, 0.5) is 0 Å². The summed E-state index contributed by atoms with van der Waals surface area (Å²) in [5.41, 5.74) is 0.0905. The Bertz CT molecular complexity index is 507. The summed E-state index contributed by atoms with van der Waals surface area (Å²) in [5.74, 6) is -1.15. The summed E-state index contributed by atoms with van der Waals surface area (Å²) in [6.07, 6.45) is 0.930. The van der Waals surface area contributed by atoms with Crippen LogP contribution in [0.2, 0.25) is 0 Å². The molecule has 0 saturated carbocycles. The number of thiophene rings is 1. The van der Waals surface area contributed by atoms with Gasteiger partial charge in [0.1, 0.15) is 0 Å². The second-order valence-corrected chi connectivity index (χ2v) is 6.04. The monoisotopic (exact) mass is 313 g/mol. The molecule has 0 atom stereocenters. The third-order valence-electron chi connectivity index (χ3n) is 3.57. The number of methoxy groups -OCH3 is 1. The largest absolute Gasteiger partial charge is 0.481 e. The van der Waals surface area contributed by atoms with Crippen LogP contribution in [-0.2, 0) is 20.9 Å². The number of carbonyl (C=O) groups excluding carboxylic acids is 1. The number of carboxylic acids is 1. The van der Waals surface area contributed by atoms with E-state index in [0.29, 0.717) is 37.5 Å². The molecule has 0 spiro atoms. The van der Waals surface area contributed by atoms with Gasteiger partial charge in [0.15, 0.2) is 0 Å². The van der Waals surface area contributed by atoms with E-state index in [1.165, 1.54) is 11.3 Å². The Morgan fingerprint density at radius 1 is 1.48 bits per heavy atom. The van der Waals surface area contributed by atoms with Crippen LogP contribution in [0.5, 0.6) is 0 Å². The molecule has 1 aromatic rings. The van der Waals surface area contributed by atoms with Gasteiger partial charge in [-0.3, -0.25) is 9.59 Å². The summed E-state index contributed by atoms with van der Waals surface area (Å²) in [6, 6.07) is 1.84. The highest BCUT2D eigenvalue weighted by atomic mass is 32.1. The maximum Gasteiger partial charge on any atom is 0.305 e. The van der Waals surface area contributed by atoms with Crippen molar-refractivity contribution in [2.75, 3.05) is 20.3 Å². The average molecular weight is 313 g/mol. The van der Waals surface area contributed by atoms with E-state index in [1.54, 1.807) is 7.11 Å². The molecule has 2 rings (SSSR count).